The lowest BCUT2D eigenvalue weighted by atomic mass is 10.3. The van der Waals surface area contributed by atoms with Crippen molar-refractivity contribution in [3.8, 4) is 5.75 Å². The largest absolute Gasteiger partial charge is 0.490 e. The van der Waals surface area contributed by atoms with Crippen LogP contribution in [-0.2, 0) is 10.0 Å². The molecular weight excluding hydrogens is 296 g/mol. The maximum Gasteiger partial charge on any atom is 0.264 e. The molecule has 0 saturated carbocycles. The molecule has 2 rings (SSSR count). The first-order valence-corrected chi connectivity index (χ1v) is 7.65. The van der Waals surface area contributed by atoms with Crippen LogP contribution in [0.3, 0.4) is 0 Å². The minimum absolute atomic E-state index is 0.0359. The zero-order valence-electron chi connectivity index (χ0n) is 10.9. The van der Waals surface area contributed by atoms with Crippen LogP contribution in [0.4, 0.5) is 11.5 Å². The minimum Gasteiger partial charge on any atom is -0.490 e. The highest BCUT2D eigenvalue weighted by Gasteiger charge is 2.12. The lowest BCUT2D eigenvalue weighted by Gasteiger charge is -2.09. The molecule has 0 aliphatic carbocycles. The van der Waals surface area contributed by atoms with Gasteiger partial charge in [0.25, 0.3) is 5.56 Å². The molecule has 2 aromatic rings. The highest BCUT2D eigenvalue weighted by molar-refractivity contribution is 7.92. The van der Waals surface area contributed by atoms with Crippen molar-refractivity contribution in [3.63, 3.8) is 0 Å². The molecule has 9 heteroatoms. The van der Waals surface area contributed by atoms with Crippen molar-refractivity contribution < 1.29 is 13.2 Å². The summed E-state index contributed by atoms with van der Waals surface area (Å²) in [6.45, 7) is -0.0626. The molecule has 0 bridgehead atoms. The van der Waals surface area contributed by atoms with Crippen molar-refractivity contribution in [2.24, 2.45) is 0 Å². The second-order valence-electron chi connectivity index (χ2n) is 4.11. The predicted octanol–water partition coefficient (Wildman–Crippen LogP) is 0.173. The quantitative estimate of drug-likeness (QED) is 0.653. The Hall–Kier alpha value is -2.55. The van der Waals surface area contributed by atoms with E-state index in [1.165, 1.54) is 12.1 Å². The number of rotatable bonds is 6. The summed E-state index contributed by atoms with van der Waals surface area (Å²) in [4.78, 5) is 10.8. The van der Waals surface area contributed by atoms with E-state index in [-0.39, 0.29) is 18.2 Å². The molecule has 1 heterocycles. The van der Waals surface area contributed by atoms with Crippen molar-refractivity contribution >= 4 is 21.5 Å². The van der Waals surface area contributed by atoms with Crippen LogP contribution in [0.25, 0.3) is 0 Å². The number of H-pyrrole nitrogens is 1. The van der Waals surface area contributed by atoms with Gasteiger partial charge in [-0.1, -0.05) is 12.1 Å². The van der Waals surface area contributed by atoms with Gasteiger partial charge in [0.2, 0.25) is 10.0 Å². The number of nitrogens with two attached hydrogens (primary N) is 1. The Morgan fingerprint density at radius 3 is 2.67 bits per heavy atom. The van der Waals surface area contributed by atoms with Crippen LogP contribution in [0.15, 0.2) is 41.2 Å². The second kappa shape index (κ2) is 6.27. The number of aromatic amines is 1. The molecule has 4 N–H and O–H groups in total. The van der Waals surface area contributed by atoms with Crippen LogP contribution in [0.2, 0.25) is 0 Å². The second-order valence-corrected chi connectivity index (χ2v) is 5.96. The van der Waals surface area contributed by atoms with Gasteiger partial charge in [0, 0.05) is 6.07 Å². The Morgan fingerprint density at radius 2 is 2.00 bits per heavy atom. The maximum absolute atomic E-state index is 11.8. The summed E-state index contributed by atoms with van der Waals surface area (Å²) in [5.74, 6) is 0.186. The van der Waals surface area contributed by atoms with Crippen molar-refractivity contribution in [1.82, 2.24) is 10.2 Å². The van der Waals surface area contributed by atoms with Gasteiger partial charge in [-0.2, -0.15) is 5.10 Å². The number of nitrogens with one attached hydrogen (secondary N) is 2. The monoisotopic (exact) mass is 310 g/mol. The third-order valence-electron chi connectivity index (χ3n) is 2.47. The van der Waals surface area contributed by atoms with Gasteiger partial charge in [0.15, 0.2) is 5.82 Å². The van der Waals surface area contributed by atoms with E-state index < -0.39 is 15.6 Å². The number of nitrogens with zero attached hydrogens (tertiary/aromatic N) is 1. The van der Waals surface area contributed by atoms with Gasteiger partial charge < -0.3 is 10.5 Å². The number of benzene rings is 1. The van der Waals surface area contributed by atoms with Crippen LogP contribution in [0.5, 0.6) is 5.75 Å². The topological polar surface area (TPSA) is 127 Å². The number of aromatic nitrogens is 2. The van der Waals surface area contributed by atoms with E-state index in [0.29, 0.717) is 11.4 Å². The summed E-state index contributed by atoms with van der Waals surface area (Å²) in [7, 11) is -3.63. The molecule has 0 radical (unpaired) electrons. The van der Waals surface area contributed by atoms with Crippen LogP contribution in [0, 0.1) is 0 Å². The van der Waals surface area contributed by atoms with E-state index in [1.54, 1.807) is 24.3 Å². The van der Waals surface area contributed by atoms with E-state index in [0.717, 1.165) is 0 Å². The molecule has 112 valence electrons. The number of sulfonamides is 1. The van der Waals surface area contributed by atoms with Crippen molar-refractivity contribution in [1.29, 1.82) is 0 Å². The van der Waals surface area contributed by atoms with Gasteiger partial charge in [-0.3, -0.25) is 9.52 Å². The average Bonchev–Trinajstić information content (AvgIpc) is 2.43. The van der Waals surface area contributed by atoms with Gasteiger partial charge in [0.1, 0.15) is 18.1 Å². The minimum atomic E-state index is -3.63. The maximum atomic E-state index is 11.8. The van der Waals surface area contributed by atoms with Gasteiger partial charge >= 0.3 is 0 Å². The Morgan fingerprint density at radius 1 is 1.24 bits per heavy atom. The molecule has 0 unspecified atom stereocenters. The molecular formula is C12H14N4O4S. The summed E-state index contributed by atoms with van der Waals surface area (Å²) in [6, 6.07) is 9.24. The molecule has 1 aromatic heterocycles. The Bertz CT molecular complexity index is 752. The summed E-state index contributed by atoms with van der Waals surface area (Å²) in [5, 5.41) is 5.69. The molecule has 0 saturated heterocycles. The SMILES string of the molecule is Nc1ccccc1OCCS(=O)(=O)Nc1ccc(=O)[nH]n1. The summed E-state index contributed by atoms with van der Waals surface area (Å²) in [5.41, 5.74) is 5.69. The first kappa shape index (κ1) is 14.9. The number of hydrogen-bond acceptors (Lipinski definition) is 6. The van der Waals surface area contributed by atoms with Crippen LogP contribution >= 0.6 is 0 Å². The fourth-order valence-corrected chi connectivity index (χ4v) is 2.32. The molecule has 0 amide bonds. The fourth-order valence-electron chi connectivity index (χ4n) is 1.48. The van der Waals surface area contributed by atoms with E-state index >= 15 is 0 Å². The molecule has 0 fully saturated rings. The van der Waals surface area contributed by atoms with Gasteiger partial charge in [-0.25, -0.2) is 13.5 Å². The summed E-state index contributed by atoms with van der Waals surface area (Å²) in [6.07, 6.45) is 0. The average molecular weight is 310 g/mol. The lowest BCUT2D eigenvalue weighted by molar-refractivity contribution is 0.343. The molecule has 0 aliphatic rings. The molecule has 8 nitrogen and oxygen atoms in total. The lowest BCUT2D eigenvalue weighted by Crippen LogP contribution is -2.22. The first-order chi connectivity index (χ1) is 9.96. The highest BCUT2D eigenvalue weighted by atomic mass is 32.2. The van der Waals surface area contributed by atoms with Gasteiger partial charge in [0.05, 0.1) is 5.69 Å². The van der Waals surface area contributed by atoms with E-state index in [1.807, 2.05) is 0 Å². The van der Waals surface area contributed by atoms with Crippen molar-refractivity contribution in [2.45, 2.75) is 0 Å². The Kier molecular flexibility index (Phi) is 4.43. The summed E-state index contributed by atoms with van der Waals surface area (Å²) < 4.78 is 31.1. The number of ether oxygens (including phenoxy) is 1. The zero-order chi connectivity index (χ0) is 15.3. The number of para-hydroxylation sites is 2. The van der Waals surface area contributed by atoms with Gasteiger partial charge in [-0.15, -0.1) is 0 Å². The molecule has 0 aliphatic heterocycles. The van der Waals surface area contributed by atoms with Crippen molar-refractivity contribution in [3.05, 3.63) is 46.8 Å². The fraction of sp³-hybridized carbons (Fsp3) is 0.167. The van der Waals surface area contributed by atoms with E-state index in [9.17, 15) is 13.2 Å². The highest BCUT2D eigenvalue weighted by Crippen LogP contribution is 2.19. The number of nitrogen functional groups attached to an aromatic ring is 1. The molecule has 0 spiro atoms. The third kappa shape index (κ3) is 4.49. The molecule has 0 atom stereocenters. The normalized spacial score (nSPS) is 11.0. The molecule has 1 aromatic carbocycles. The molecule has 21 heavy (non-hydrogen) atoms. The van der Waals surface area contributed by atoms with E-state index in [2.05, 4.69) is 14.9 Å². The van der Waals surface area contributed by atoms with Crippen LogP contribution in [-0.4, -0.2) is 31.0 Å². The smallest absolute Gasteiger partial charge is 0.264 e. The predicted molar refractivity (Wildman–Crippen MR) is 78.6 cm³/mol. The van der Waals surface area contributed by atoms with E-state index in [4.69, 9.17) is 10.5 Å². The number of hydrogen-bond donors (Lipinski definition) is 3. The Balaban J connectivity index is 1.91. The Labute approximate surface area is 121 Å². The summed E-state index contributed by atoms with van der Waals surface area (Å²) >= 11 is 0. The van der Waals surface area contributed by atoms with Crippen LogP contribution in [0.1, 0.15) is 0 Å². The standard InChI is InChI=1S/C12H14N4O4S/c13-9-3-1-2-4-10(9)20-7-8-21(18,19)16-11-5-6-12(17)15-14-11/h1-6H,7-8,13H2,(H,14,16)(H,15,17). The zero-order valence-corrected chi connectivity index (χ0v) is 11.8. The van der Waals surface area contributed by atoms with Crippen LogP contribution < -0.4 is 20.8 Å². The first-order valence-electron chi connectivity index (χ1n) is 6.00. The van der Waals surface area contributed by atoms with Crippen molar-refractivity contribution in [2.75, 3.05) is 22.8 Å². The third-order valence-corrected chi connectivity index (χ3v) is 3.69. The number of anilines is 2. The van der Waals surface area contributed by atoms with Gasteiger partial charge in [-0.05, 0) is 18.2 Å².